The van der Waals surface area contributed by atoms with E-state index >= 15 is 0 Å². The molecule has 0 saturated heterocycles. The largest absolute Gasteiger partial charge is 0.411 e. The molecule has 1 heterocycles. The van der Waals surface area contributed by atoms with Crippen LogP contribution >= 0.6 is 0 Å². The normalized spacial score (nSPS) is 17.4. The zero-order chi connectivity index (χ0) is 19.3. The number of nitrogens with zero attached hydrogens (tertiary/aromatic N) is 3. The van der Waals surface area contributed by atoms with Crippen molar-refractivity contribution in [1.82, 2.24) is 9.97 Å². The number of hydrogen-bond donors (Lipinski definition) is 2. The first-order chi connectivity index (χ1) is 13.7. The predicted molar refractivity (Wildman–Crippen MR) is 111 cm³/mol. The second kappa shape index (κ2) is 8.21. The van der Waals surface area contributed by atoms with E-state index in [1.54, 1.807) is 0 Å². The summed E-state index contributed by atoms with van der Waals surface area (Å²) in [6, 6.07) is 20.7. The van der Waals surface area contributed by atoms with Crippen molar-refractivity contribution in [2.24, 2.45) is 5.16 Å². The van der Waals surface area contributed by atoms with Crippen LogP contribution in [0.2, 0.25) is 0 Å². The molecule has 0 fully saturated rings. The number of benzene rings is 2. The lowest BCUT2D eigenvalue weighted by Gasteiger charge is -2.26. The van der Waals surface area contributed by atoms with Crippen molar-refractivity contribution in [3.8, 4) is 0 Å². The van der Waals surface area contributed by atoms with Crippen molar-refractivity contribution >= 4 is 11.7 Å². The van der Waals surface area contributed by atoms with E-state index in [9.17, 15) is 5.21 Å². The van der Waals surface area contributed by atoms with Crippen LogP contribution in [0.5, 0.6) is 0 Å². The molecule has 1 aliphatic rings. The Kier molecular flexibility index (Phi) is 5.33. The van der Waals surface area contributed by atoms with Crippen molar-refractivity contribution in [2.45, 2.75) is 38.0 Å². The molecule has 1 aliphatic carbocycles. The van der Waals surface area contributed by atoms with E-state index < -0.39 is 0 Å². The summed E-state index contributed by atoms with van der Waals surface area (Å²) in [5, 5.41) is 13.3. The first-order valence-electron chi connectivity index (χ1n) is 9.70. The molecular formula is C23H24N4O. The van der Waals surface area contributed by atoms with Crippen LogP contribution < -0.4 is 5.73 Å². The first kappa shape index (κ1) is 18.2. The summed E-state index contributed by atoms with van der Waals surface area (Å²) in [4.78, 5) is 8.98. The molecule has 5 nitrogen and oxygen atoms in total. The van der Waals surface area contributed by atoms with Gasteiger partial charge in [-0.25, -0.2) is 9.97 Å². The third kappa shape index (κ3) is 3.88. The average Bonchev–Trinajstić information content (AvgIpc) is 2.74. The van der Waals surface area contributed by atoms with Crippen LogP contribution in [0.3, 0.4) is 0 Å². The minimum absolute atomic E-state index is 0.228. The summed E-state index contributed by atoms with van der Waals surface area (Å²) < 4.78 is 0. The lowest BCUT2D eigenvalue weighted by Crippen LogP contribution is -2.24. The number of oxime groups is 1. The molecule has 142 valence electrons. The minimum Gasteiger partial charge on any atom is -0.411 e. The number of aromatic nitrogens is 2. The molecule has 28 heavy (non-hydrogen) atoms. The van der Waals surface area contributed by atoms with Crippen LogP contribution in [0.4, 0.5) is 5.95 Å². The molecule has 0 saturated carbocycles. The summed E-state index contributed by atoms with van der Waals surface area (Å²) >= 11 is 0. The lowest BCUT2D eigenvalue weighted by atomic mass is 9.80. The lowest BCUT2D eigenvalue weighted by molar-refractivity contribution is 0.316. The van der Waals surface area contributed by atoms with Crippen LogP contribution in [0.15, 0.2) is 65.8 Å². The van der Waals surface area contributed by atoms with Gasteiger partial charge in [-0.15, -0.1) is 0 Å². The molecule has 5 heteroatoms. The van der Waals surface area contributed by atoms with Gasteiger partial charge in [0, 0.05) is 12.0 Å². The highest BCUT2D eigenvalue weighted by Crippen LogP contribution is 2.34. The van der Waals surface area contributed by atoms with E-state index in [2.05, 4.69) is 51.5 Å². The van der Waals surface area contributed by atoms with Crippen LogP contribution in [-0.2, 0) is 19.3 Å². The van der Waals surface area contributed by atoms with Gasteiger partial charge in [-0.1, -0.05) is 65.8 Å². The van der Waals surface area contributed by atoms with Gasteiger partial charge in [-0.2, -0.15) is 0 Å². The first-order valence-corrected chi connectivity index (χ1v) is 9.70. The standard InChI is InChI=1S/C23H24N4O/c24-23-25-19(13-7-10-16-8-3-1-4-9-16)22-20(26-23)14-18(15-21(22)27-28)17-11-5-2-6-12-17/h1-6,8-9,11-12,18,28H,7,10,13-15H2,(H2,24,25,26). The van der Waals surface area contributed by atoms with Gasteiger partial charge in [0.2, 0.25) is 5.95 Å². The molecule has 1 aromatic heterocycles. The molecular weight excluding hydrogens is 348 g/mol. The number of anilines is 1. The zero-order valence-electron chi connectivity index (χ0n) is 15.8. The van der Waals surface area contributed by atoms with Crippen LogP contribution in [0, 0.1) is 0 Å². The third-order valence-corrected chi connectivity index (χ3v) is 5.36. The van der Waals surface area contributed by atoms with E-state index in [0.29, 0.717) is 18.1 Å². The van der Waals surface area contributed by atoms with Crippen molar-refractivity contribution in [3.05, 3.63) is 88.7 Å². The second-order valence-corrected chi connectivity index (χ2v) is 7.25. The minimum atomic E-state index is 0.228. The molecule has 0 bridgehead atoms. The summed E-state index contributed by atoms with van der Waals surface area (Å²) in [5.74, 6) is 0.519. The van der Waals surface area contributed by atoms with Gasteiger partial charge >= 0.3 is 0 Å². The summed E-state index contributed by atoms with van der Waals surface area (Å²) in [5.41, 5.74) is 11.9. The Morgan fingerprint density at radius 3 is 2.36 bits per heavy atom. The highest BCUT2D eigenvalue weighted by atomic mass is 16.4. The summed E-state index contributed by atoms with van der Waals surface area (Å²) in [6.07, 6.45) is 4.15. The van der Waals surface area contributed by atoms with Gasteiger partial charge in [0.25, 0.3) is 0 Å². The highest BCUT2D eigenvalue weighted by molar-refractivity contribution is 6.03. The maximum absolute atomic E-state index is 9.70. The number of aryl methyl sites for hydroxylation is 2. The molecule has 3 N–H and O–H groups in total. The van der Waals surface area contributed by atoms with E-state index in [0.717, 1.165) is 42.6 Å². The van der Waals surface area contributed by atoms with E-state index in [-0.39, 0.29) is 5.92 Å². The number of nitrogen functional groups attached to an aromatic ring is 1. The smallest absolute Gasteiger partial charge is 0.220 e. The quantitative estimate of drug-likeness (QED) is 0.521. The maximum Gasteiger partial charge on any atom is 0.220 e. The van der Waals surface area contributed by atoms with Gasteiger partial charge in [-0.05, 0) is 42.7 Å². The fourth-order valence-electron chi connectivity index (χ4n) is 4.04. The van der Waals surface area contributed by atoms with Crippen molar-refractivity contribution in [3.63, 3.8) is 0 Å². The summed E-state index contributed by atoms with van der Waals surface area (Å²) in [7, 11) is 0. The maximum atomic E-state index is 9.70. The molecule has 4 rings (SSSR count). The van der Waals surface area contributed by atoms with Gasteiger partial charge in [0.1, 0.15) is 0 Å². The molecule has 0 amide bonds. The topological polar surface area (TPSA) is 84.4 Å². The number of rotatable bonds is 5. The molecule has 1 atom stereocenters. The van der Waals surface area contributed by atoms with Gasteiger partial charge in [-0.3, -0.25) is 0 Å². The molecule has 3 aromatic rings. The zero-order valence-corrected chi connectivity index (χ0v) is 15.8. The third-order valence-electron chi connectivity index (χ3n) is 5.36. The van der Waals surface area contributed by atoms with Crippen LogP contribution in [0.25, 0.3) is 0 Å². The Morgan fingerprint density at radius 1 is 0.929 bits per heavy atom. The fraction of sp³-hybridized carbons (Fsp3) is 0.261. The number of nitrogens with two attached hydrogens (primary N) is 1. The second-order valence-electron chi connectivity index (χ2n) is 7.25. The Hall–Kier alpha value is -3.21. The summed E-state index contributed by atoms with van der Waals surface area (Å²) in [6.45, 7) is 0. The molecule has 1 unspecified atom stereocenters. The van der Waals surface area contributed by atoms with Crippen molar-refractivity contribution < 1.29 is 5.21 Å². The Morgan fingerprint density at radius 2 is 1.64 bits per heavy atom. The van der Waals surface area contributed by atoms with Crippen LogP contribution in [0.1, 0.15) is 46.8 Å². The monoisotopic (exact) mass is 372 g/mol. The Labute approximate surface area is 165 Å². The molecule has 0 aliphatic heterocycles. The van der Waals surface area contributed by atoms with E-state index in [1.807, 2.05) is 24.3 Å². The molecule has 2 aromatic carbocycles. The number of fused-ring (bicyclic) bond motifs is 1. The van der Waals surface area contributed by atoms with Crippen molar-refractivity contribution in [1.29, 1.82) is 0 Å². The van der Waals surface area contributed by atoms with E-state index in [1.165, 1.54) is 11.1 Å². The SMILES string of the molecule is Nc1nc(CCCc2ccccc2)c2c(n1)CC(c1ccccc1)CC2=NO. The van der Waals surface area contributed by atoms with Gasteiger partial charge < -0.3 is 10.9 Å². The molecule has 0 radical (unpaired) electrons. The van der Waals surface area contributed by atoms with E-state index in [4.69, 9.17) is 5.73 Å². The fourth-order valence-corrected chi connectivity index (χ4v) is 4.04. The predicted octanol–water partition coefficient (Wildman–Crippen LogP) is 4.14. The Balaban J connectivity index is 1.59. The van der Waals surface area contributed by atoms with Gasteiger partial charge in [0.05, 0.1) is 17.1 Å². The van der Waals surface area contributed by atoms with Crippen LogP contribution in [-0.4, -0.2) is 20.9 Å². The van der Waals surface area contributed by atoms with Crippen molar-refractivity contribution in [2.75, 3.05) is 5.73 Å². The highest BCUT2D eigenvalue weighted by Gasteiger charge is 2.29. The molecule has 0 spiro atoms. The Bertz CT molecular complexity index is 971. The number of hydrogen-bond acceptors (Lipinski definition) is 5. The average molecular weight is 372 g/mol. The van der Waals surface area contributed by atoms with Gasteiger partial charge in [0.15, 0.2) is 0 Å².